The van der Waals surface area contributed by atoms with Crippen LogP contribution < -0.4 is 5.73 Å². The fourth-order valence-corrected chi connectivity index (χ4v) is 0.913. The maximum absolute atomic E-state index is 12.4. The maximum Gasteiger partial charge on any atom is 0.212 e. The SMILES string of the molecule is NCC(O)C(O)c1ccc(F)nc1. The van der Waals surface area contributed by atoms with Gasteiger partial charge in [-0.2, -0.15) is 4.39 Å². The second-order valence-electron chi connectivity index (χ2n) is 2.66. The van der Waals surface area contributed by atoms with E-state index in [1.165, 1.54) is 12.3 Å². The molecule has 0 saturated carbocycles. The molecule has 13 heavy (non-hydrogen) atoms. The molecule has 0 saturated heterocycles. The van der Waals surface area contributed by atoms with Crippen LogP contribution in [0, 0.1) is 5.95 Å². The molecule has 0 aromatic carbocycles. The Morgan fingerprint density at radius 2 is 2.15 bits per heavy atom. The van der Waals surface area contributed by atoms with Crippen LogP contribution in [0.25, 0.3) is 0 Å². The molecule has 0 spiro atoms. The standard InChI is InChI=1S/C8H11FN2O2/c9-7-2-1-5(4-11-7)8(13)6(12)3-10/h1-2,4,6,8,12-13H,3,10H2. The molecule has 0 radical (unpaired) electrons. The molecule has 5 heteroatoms. The summed E-state index contributed by atoms with van der Waals surface area (Å²) >= 11 is 0. The molecule has 1 aromatic rings. The summed E-state index contributed by atoms with van der Waals surface area (Å²) in [7, 11) is 0. The zero-order chi connectivity index (χ0) is 9.84. The van der Waals surface area contributed by atoms with E-state index in [0.717, 1.165) is 6.07 Å². The molecule has 0 aliphatic rings. The lowest BCUT2D eigenvalue weighted by atomic mass is 10.1. The molecule has 0 amide bonds. The second-order valence-corrected chi connectivity index (χ2v) is 2.66. The van der Waals surface area contributed by atoms with Gasteiger partial charge in [-0.3, -0.25) is 0 Å². The van der Waals surface area contributed by atoms with Crippen molar-refractivity contribution in [1.82, 2.24) is 4.98 Å². The fourth-order valence-electron chi connectivity index (χ4n) is 0.913. The van der Waals surface area contributed by atoms with Crippen LogP contribution in [0.3, 0.4) is 0 Å². The lowest BCUT2D eigenvalue weighted by molar-refractivity contribution is 0.0240. The predicted molar refractivity (Wildman–Crippen MR) is 44.2 cm³/mol. The number of hydrogen-bond donors (Lipinski definition) is 3. The molecule has 1 aromatic heterocycles. The van der Waals surface area contributed by atoms with Crippen molar-refractivity contribution < 1.29 is 14.6 Å². The minimum atomic E-state index is -1.11. The van der Waals surface area contributed by atoms with Crippen LogP contribution in [-0.2, 0) is 0 Å². The van der Waals surface area contributed by atoms with Crippen LogP contribution in [0.15, 0.2) is 18.3 Å². The Balaban J connectivity index is 2.77. The largest absolute Gasteiger partial charge is 0.389 e. The summed E-state index contributed by atoms with van der Waals surface area (Å²) in [6.45, 7) is -0.0570. The molecule has 0 bridgehead atoms. The number of rotatable bonds is 3. The highest BCUT2D eigenvalue weighted by atomic mass is 19.1. The van der Waals surface area contributed by atoms with E-state index in [9.17, 15) is 9.50 Å². The minimum absolute atomic E-state index is 0.0570. The first kappa shape index (κ1) is 10.0. The van der Waals surface area contributed by atoms with Crippen LogP contribution in [0.1, 0.15) is 11.7 Å². The Kier molecular flexibility index (Phi) is 3.30. The number of aliphatic hydroxyl groups is 2. The van der Waals surface area contributed by atoms with Gasteiger partial charge in [0.2, 0.25) is 5.95 Å². The highest BCUT2D eigenvalue weighted by Crippen LogP contribution is 2.14. The third-order valence-electron chi connectivity index (χ3n) is 1.70. The van der Waals surface area contributed by atoms with E-state index < -0.39 is 18.2 Å². The summed E-state index contributed by atoms with van der Waals surface area (Å²) < 4.78 is 12.4. The molecule has 72 valence electrons. The molecule has 4 N–H and O–H groups in total. The van der Waals surface area contributed by atoms with E-state index in [-0.39, 0.29) is 6.54 Å². The monoisotopic (exact) mass is 186 g/mol. The Morgan fingerprint density at radius 1 is 1.46 bits per heavy atom. The molecule has 2 atom stereocenters. The first-order valence-electron chi connectivity index (χ1n) is 3.83. The van der Waals surface area contributed by atoms with Gasteiger partial charge in [0, 0.05) is 18.3 Å². The number of nitrogens with two attached hydrogens (primary N) is 1. The zero-order valence-corrected chi connectivity index (χ0v) is 6.89. The Bertz CT molecular complexity index is 265. The first-order chi connectivity index (χ1) is 6.15. The van der Waals surface area contributed by atoms with Gasteiger partial charge in [0.15, 0.2) is 0 Å². The number of halogens is 1. The lowest BCUT2D eigenvalue weighted by Crippen LogP contribution is -2.27. The highest BCUT2D eigenvalue weighted by Gasteiger charge is 2.16. The van der Waals surface area contributed by atoms with Crippen LogP contribution in [0.5, 0.6) is 0 Å². The summed E-state index contributed by atoms with van der Waals surface area (Å²) in [5.74, 6) is -0.627. The molecule has 1 heterocycles. The molecule has 4 nitrogen and oxygen atoms in total. The summed E-state index contributed by atoms with van der Waals surface area (Å²) in [6, 6.07) is 2.47. The molecular formula is C8H11FN2O2. The smallest absolute Gasteiger partial charge is 0.212 e. The van der Waals surface area contributed by atoms with Gasteiger partial charge in [-0.15, -0.1) is 0 Å². The first-order valence-corrected chi connectivity index (χ1v) is 3.83. The van der Waals surface area contributed by atoms with Gasteiger partial charge in [0.1, 0.15) is 6.10 Å². The van der Waals surface area contributed by atoms with Gasteiger partial charge in [-0.1, -0.05) is 6.07 Å². The molecule has 2 unspecified atom stereocenters. The average molecular weight is 186 g/mol. The van der Waals surface area contributed by atoms with Gasteiger partial charge < -0.3 is 15.9 Å². The van der Waals surface area contributed by atoms with E-state index in [2.05, 4.69) is 4.98 Å². The van der Waals surface area contributed by atoms with Crippen molar-refractivity contribution in [3.63, 3.8) is 0 Å². The summed E-state index contributed by atoms with van der Waals surface area (Å²) in [5, 5.41) is 18.5. The average Bonchev–Trinajstić information content (AvgIpc) is 2.17. The van der Waals surface area contributed by atoms with Crippen molar-refractivity contribution in [1.29, 1.82) is 0 Å². The minimum Gasteiger partial charge on any atom is -0.389 e. The van der Waals surface area contributed by atoms with Crippen molar-refractivity contribution >= 4 is 0 Å². The Hall–Kier alpha value is -1.04. The van der Waals surface area contributed by atoms with E-state index in [4.69, 9.17) is 10.8 Å². The third-order valence-corrected chi connectivity index (χ3v) is 1.70. The number of nitrogens with zero attached hydrogens (tertiary/aromatic N) is 1. The van der Waals surface area contributed by atoms with E-state index in [0.29, 0.717) is 5.56 Å². The quantitative estimate of drug-likeness (QED) is 0.560. The third kappa shape index (κ3) is 2.45. The van der Waals surface area contributed by atoms with Crippen molar-refractivity contribution in [2.24, 2.45) is 5.73 Å². The molecule has 1 rings (SSSR count). The zero-order valence-electron chi connectivity index (χ0n) is 6.89. The van der Waals surface area contributed by atoms with Crippen molar-refractivity contribution in [2.75, 3.05) is 6.54 Å². The molecule has 0 aliphatic heterocycles. The second kappa shape index (κ2) is 4.27. The van der Waals surface area contributed by atoms with E-state index in [1.54, 1.807) is 0 Å². The van der Waals surface area contributed by atoms with Gasteiger partial charge in [0.25, 0.3) is 0 Å². The molecule has 0 aliphatic carbocycles. The van der Waals surface area contributed by atoms with Crippen LogP contribution in [0.4, 0.5) is 4.39 Å². The number of aliphatic hydroxyl groups excluding tert-OH is 2. The Labute approximate surface area is 74.8 Å². The predicted octanol–water partition coefficient (Wildman–Crippen LogP) is -0.426. The molecule has 0 fully saturated rings. The number of hydrogen-bond acceptors (Lipinski definition) is 4. The normalized spacial score (nSPS) is 15.4. The van der Waals surface area contributed by atoms with Crippen molar-refractivity contribution in [3.8, 4) is 0 Å². The van der Waals surface area contributed by atoms with Gasteiger partial charge in [0.05, 0.1) is 6.10 Å². The topological polar surface area (TPSA) is 79.4 Å². The molecular weight excluding hydrogens is 175 g/mol. The fraction of sp³-hybridized carbons (Fsp3) is 0.375. The lowest BCUT2D eigenvalue weighted by Gasteiger charge is -2.15. The summed E-state index contributed by atoms with van der Waals surface area (Å²) in [5.41, 5.74) is 5.48. The summed E-state index contributed by atoms with van der Waals surface area (Å²) in [4.78, 5) is 3.34. The Morgan fingerprint density at radius 3 is 2.62 bits per heavy atom. The summed E-state index contributed by atoms with van der Waals surface area (Å²) in [6.07, 6.45) is -0.996. The van der Waals surface area contributed by atoms with Crippen LogP contribution in [-0.4, -0.2) is 27.8 Å². The van der Waals surface area contributed by atoms with Gasteiger partial charge in [-0.25, -0.2) is 4.98 Å². The number of aromatic nitrogens is 1. The van der Waals surface area contributed by atoms with Crippen LogP contribution >= 0.6 is 0 Å². The van der Waals surface area contributed by atoms with Crippen molar-refractivity contribution in [2.45, 2.75) is 12.2 Å². The van der Waals surface area contributed by atoms with Gasteiger partial charge in [-0.05, 0) is 6.07 Å². The number of pyridine rings is 1. The van der Waals surface area contributed by atoms with E-state index >= 15 is 0 Å². The highest BCUT2D eigenvalue weighted by molar-refractivity contribution is 5.13. The van der Waals surface area contributed by atoms with Crippen LogP contribution in [0.2, 0.25) is 0 Å². The van der Waals surface area contributed by atoms with Crippen molar-refractivity contribution in [3.05, 3.63) is 29.8 Å². The maximum atomic E-state index is 12.4. The van der Waals surface area contributed by atoms with E-state index in [1.807, 2.05) is 0 Å². The van der Waals surface area contributed by atoms with Gasteiger partial charge >= 0.3 is 0 Å².